The van der Waals surface area contributed by atoms with Gasteiger partial charge in [-0.3, -0.25) is 4.55 Å². The van der Waals surface area contributed by atoms with Crippen LogP contribution in [0.2, 0.25) is 0 Å². The number of halogens is 3. The Kier molecular flexibility index (Phi) is 6.64. The molecule has 1 aromatic carbocycles. The van der Waals surface area contributed by atoms with Crippen molar-refractivity contribution in [3.63, 3.8) is 0 Å². The molecule has 11 heteroatoms. The van der Waals surface area contributed by atoms with Crippen molar-refractivity contribution >= 4 is 33.7 Å². The minimum Gasteiger partial charge on any atom is -0.479 e. The zero-order valence-corrected chi connectivity index (χ0v) is 14.1. The molecule has 1 rings (SSSR count). The van der Waals surface area contributed by atoms with Crippen LogP contribution in [0.4, 0.5) is 13.2 Å². The van der Waals surface area contributed by atoms with Gasteiger partial charge in [0.05, 0.1) is 0 Å². The van der Waals surface area contributed by atoms with Crippen LogP contribution in [0.25, 0.3) is 0 Å². The zero-order chi connectivity index (χ0) is 17.8. The summed E-state index contributed by atoms with van der Waals surface area (Å²) < 4.78 is 74.6. The Morgan fingerprint density at radius 1 is 1.13 bits per heavy atom. The molecule has 0 aliphatic heterocycles. The zero-order valence-electron chi connectivity index (χ0n) is 13.3. The van der Waals surface area contributed by atoms with Gasteiger partial charge in [0.1, 0.15) is 35.0 Å². The van der Waals surface area contributed by atoms with E-state index in [4.69, 9.17) is 9.29 Å². The van der Waals surface area contributed by atoms with E-state index in [-0.39, 0.29) is 5.75 Å². The summed E-state index contributed by atoms with van der Waals surface area (Å²) in [7, 11) is 0.718. The number of ether oxygens (including phenoxy) is 1. The van der Waals surface area contributed by atoms with E-state index in [9.17, 15) is 21.6 Å². The maximum atomic E-state index is 13.0. The molecular weight excluding hydrogens is 330 g/mol. The van der Waals surface area contributed by atoms with Crippen molar-refractivity contribution in [2.75, 3.05) is 5.75 Å². The fourth-order valence-electron chi connectivity index (χ4n) is 2.33. The summed E-state index contributed by atoms with van der Waals surface area (Å²) in [5, 5.41) is 0. The van der Waals surface area contributed by atoms with Gasteiger partial charge in [0.25, 0.3) is 10.1 Å². The summed E-state index contributed by atoms with van der Waals surface area (Å²) in [5.41, 5.74) is 2.30. The molecule has 0 aliphatic rings. The van der Waals surface area contributed by atoms with Crippen LogP contribution in [0, 0.1) is 0 Å². The van der Waals surface area contributed by atoms with Crippen LogP contribution in [-0.2, 0) is 29.1 Å². The highest BCUT2D eigenvalue weighted by Gasteiger charge is 2.44. The SMILES string of the molecule is BCc1cc(CB)c(CB)c(OC(CS(=O)(=O)O)C(F)(F)F)c1. The first-order valence-corrected chi connectivity index (χ1v) is 8.95. The van der Waals surface area contributed by atoms with Crippen LogP contribution in [0.5, 0.6) is 5.75 Å². The predicted molar refractivity (Wildman–Crippen MR) is 90.1 cm³/mol. The Hall–Kier alpha value is -1.09. The standard InChI is InChI=1S/C12H18B3F3O4S/c13-3-7-1-8(4-14)9(5-15)10(2-7)22-11(12(16,17)18)6-23(19,20)21/h1-2,11H,3-6,13-15H2,(H,19,20,21). The Labute approximate surface area is 136 Å². The molecule has 0 spiro atoms. The van der Waals surface area contributed by atoms with Gasteiger partial charge >= 0.3 is 6.18 Å². The van der Waals surface area contributed by atoms with Gasteiger partial charge in [-0.2, -0.15) is 21.6 Å². The van der Waals surface area contributed by atoms with Crippen LogP contribution in [0.3, 0.4) is 0 Å². The molecule has 0 saturated heterocycles. The van der Waals surface area contributed by atoms with Crippen LogP contribution < -0.4 is 4.74 Å². The largest absolute Gasteiger partial charge is 0.479 e. The third-order valence-corrected chi connectivity index (χ3v) is 4.22. The second kappa shape index (κ2) is 7.66. The van der Waals surface area contributed by atoms with Crippen molar-refractivity contribution < 1.29 is 30.9 Å². The molecule has 0 saturated carbocycles. The smallest absolute Gasteiger partial charge is 0.426 e. The quantitative estimate of drug-likeness (QED) is 0.522. The number of rotatable bonds is 7. The van der Waals surface area contributed by atoms with Crippen molar-refractivity contribution in [3.8, 4) is 5.75 Å². The Morgan fingerprint density at radius 2 is 1.74 bits per heavy atom. The summed E-state index contributed by atoms with van der Waals surface area (Å²) in [6.07, 6.45) is -5.82. The lowest BCUT2D eigenvalue weighted by Gasteiger charge is -2.24. The fourth-order valence-corrected chi connectivity index (χ4v) is 2.97. The first-order chi connectivity index (χ1) is 10.5. The molecule has 0 heterocycles. The molecule has 0 aromatic heterocycles. The molecule has 4 nitrogen and oxygen atoms in total. The normalized spacial score (nSPS) is 13.7. The second-order valence-electron chi connectivity index (χ2n) is 5.19. The maximum absolute atomic E-state index is 13.0. The first kappa shape index (κ1) is 20.0. The van der Waals surface area contributed by atoms with E-state index in [0.717, 1.165) is 11.1 Å². The molecule has 23 heavy (non-hydrogen) atoms. The topological polar surface area (TPSA) is 63.6 Å². The number of benzene rings is 1. The summed E-state index contributed by atoms with van der Waals surface area (Å²) >= 11 is 0. The molecule has 0 fully saturated rings. The van der Waals surface area contributed by atoms with Gasteiger partial charge in [-0.25, -0.2) is 0 Å². The number of alkyl halides is 3. The summed E-state index contributed by atoms with van der Waals surface area (Å²) in [6, 6.07) is 3.41. The number of hydrogen-bond acceptors (Lipinski definition) is 3. The van der Waals surface area contributed by atoms with Crippen molar-refractivity contribution in [2.24, 2.45) is 0 Å². The van der Waals surface area contributed by atoms with Gasteiger partial charge in [0.2, 0.25) is 6.10 Å². The lowest BCUT2D eigenvalue weighted by atomic mass is 9.83. The molecule has 0 amide bonds. The van der Waals surface area contributed by atoms with E-state index >= 15 is 0 Å². The summed E-state index contributed by atoms with van der Waals surface area (Å²) in [6.45, 7) is 0. The molecule has 1 atom stereocenters. The molecule has 1 N–H and O–H groups in total. The average Bonchev–Trinajstić information content (AvgIpc) is 2.43. The molecule has 1 unspecified atom stereocenters. The van der Waals surface area contributed by atoms with Gasteiger partial charge in [-0.15, -0.1) is 0 Å². The predicted octanol–water partition coefficient (Wildman–Crippen LogP) is -0.717. The van der Waals surface area contributed by atoms with E-state index < -0.39 is 28.2 Å². The minimum atomic E-state index is -4.91. The molecular formula is C12H18B3F3O4S. The van der Waals surface area contributed by atoms with E-state index in [2.05, 4.69) is 0 Å². The molecule has 1 aromatic rings. The number of hydrogen-bond donors (Lipinski definition) is 1. The van der Waals surface area contributed by atoms with Crippen LogP contribution in [0.1, 0.15) is 16.7 Å². The third kappa shape index (κ3) is 5.80. The molecule has 0 bridgehead atoms. The van der Waals surface area contributed by atoms with Crippen LogP contribution in [0.15, 0.2) is 12.1 Å². The van der Waals surface area contributed by atoms with Crippen LogP contribution >= 0.6 is 0 Å². The van der Waals surface area contributed by atoms with Crippen molar-refractivity contribution in [3.05, 3.63) is 28.8 Å². The minimum absolute atomic E-state index is 0.0228. The average molecular weight is 348 g/mol. The van der Waals surface area contributed by atoms with Gasteiger partial charge in [0.15, 0.2) is 0 Å². The van der Waals surface area contributed by atoms with Crippen molar-refractivity contribution in [1.82, 2.24) is 0 Å². The lowest BCUT2D eigenvalue weighted by molar-refractivity contribution is -0.188. The van der Waals surface area contributed by atoms with Crippen molar-refractivity contribution in [1.29, 1.82) is 0 Å². The Balaban J connectivity index is 3.31. The molecule has 0 radical (unpaired) electrons. The fraction of sp³-hybridized carbons (Fsp3) is 0.500. The Bertz CT molecular complexity index is 650. The first-order valence-electron chi connectivity index (χ1n) is 7.34. The molecule has 0 aliphatic carbocycles. The van der Waals surface area contributed by atoms with Gasteiger partial charge in [-0.05, 0) is 17.2 Å². The van der Waals surface area contributed by atoms with E-state index in [1.807, 2.05) is 21.8 Å². The summed E-state index contributed by atoms with van der Waals surface area (Å²) in [5.74, 6) is -1.51. The van der Waals surface area contributed by atoms with Crippen molar-refractivity contribution in [2.45, 2.75) is 31.2 Å². The highest BCUT2D eigenvalue weighted by molar-refractivity contribution is 7.85. The monoisotopic (exact) mass is 348 g/mol. The Morgan fingerprint density at radius 3 is 2.13 bits per heavy atom. The second-order valence-corrected chi connectivity index (χ2v) is 6.69. The van der Waals surface area contributed by atoms with Crippen LogP contribution in [-0.4, -0.2) is 54.5 Å². The lowest BCUT2D eigenvalue weighted by Crippen LogP contribution is -2.40. The van der Waals surface area contributed by atoms with E-state index in [1.165, 1.54) is 6.07 Å². The maximum Gasteiger partial charge on any atom is 0.426 e. The van der Waals surface area contributed by atoms with Gasteiger partial charge in [0, 0.05) is 0 Å². The molecule has 126 valence electrons. The van der Waals surface area contributed by atoms with E-state index in [0.29, 0.717) is 24.5 Å². The highest BCUT2D eigenvalue weighted by atomic mass is 32.2. The van der Waals surface area contributed by atoms with Gasteiger partial charge < -0.3 is 4.74 Å². The van der Waals surface area contributed by atoms with Gasteiger partial charge in [-0.1, -0.05) is 30.6 Å². The van der Waals surface area contributed by atoms with E-state index in [1.54, 1.807) is 7.85 Å². The third-order valence-electron chi connectivity index (χ3n) is 3.50. The summed E-state index contributed by atoms with van der Waals surface area (Å²) in [4.78, 5) is 0. The highest BCUT2D eigenvalue weighted by Crippen LogP contribution is 2.31.